The monoisotopic (exact) mass is 348 g/mol. The minimum absolute atomic E-state index is 0.481. The fourth-order valence-electron chi connectivity index (χ4n) is 6.76. The molecule has 25 heavy (non-hydrogen) atoms. The average Bonchev–Trinajstić information content (AvgIpc) is 2.95. The Kier molecular flexibility index (Phi) is 5.85. The van der Waals surface area contributed by atoms with Crippen molar-refractivity contribution in [2.45, 2.75) is 114 Å². The third-order valence-corrected chi connectivity index (χ3v) is 7.63. The fourth-order valence-corrected chi connectivity index (χ4v) is 6.76. The first-order valence-electron chi connectivity index (χ1n) is 11.1. The predicted molar refractivity (Wildman–Crippen MR) is 113 cm³/mol. The summed E-state index contributed by atoms with van der Waals surface area (Å²) in [6, 6.07) is 0. The summed E-state index contributed by atoms with van der Waals surface area (Å²) in [6.07, 6.45) is 10.4. The predicted octanol–water partition coefficient (Wildman–Crippen LogP) is 8.35. The molecule has 3 rings (SSSR count). The van der Waals surface area contributed by atoms with E-state index in [9.17, 15) is 0 Å². The zero-order chi connectivity index (χ0) is 19.3. The lowest BCUT2D eigenvalue weighted by Crippen LogP contribution is -2.38. The van der Waals surface area contributed by atoms with Crippen LogP contribution in [-0.4, -0.2) is 0 Å². The first-order valence-corrected chi connectivity index (χ1v) is 11.1. The average molecular weight is 349 g/mol. The summed E-state index contributed by atoms with van der Waals surface area (Å²) in [4.78, 5) is 0. The summed E-state index contributed by atoms with van der Waals surface area (Å²) in [6.45, 7) is 24.2. The van der Waals surface area contributed by atoms with Crippen LogP contribution in [0.1, 0.15) is 114 Å². The van der Waals surface area contributed by atoms with Crippen LogP contribution in [0.4, 0.5) is 0 Å². The van der Waals surface area contributed by atoms with Gasteiger partial charge in [-0.3, -0.25) is 0 Å². The van der Waals surface area contributed by atoms with Gasteiger partial charge in [-0.25, -0.2) is 0 Å². The molecule has 2 bridgehead atoms. The Hall–Kier alpha value is 0. The van der Waals surface area contributed by atoms with E-state index in [0.717, 1.165) is 23.7 Å². The lowest BCUT2D eigenvalue weighted by Gasteiger charge is -2.49. The molecular formula is C25H48. The second-order valence-electron chi connectivity index (χ2n) is 13.6. The molecule has 148 valence electrons. The first-order chi connectivity index (χ1) is 11.1. The first kappa shape index (κ1) is 21.3. The van der Waals surface area contributed by atoms with Crippen LogP contribution in [0.3, 0.4) is 0 Å². The van der Waals surface area contributed by atoms with Crippen molar-refractivity contribution >= 4 is 0 Å². The molecule has 0 aliphatic heterocycles. The van der Waals surface area contributed by atoms with E-state index in [0.29, 0.717) is 21.7 Å². The molecule has 3 aliphatic carbocycles. The highest BCUT2D eigenvalue weighted by Crippen LogP contribution is 2.54. The molecule has 0 saturated heterocycles. The van der Waals surface area contributed by atoms with Gasteiger partial charge in [-0.15, -0.1) is 0 Å². The summed E-state index contributed by atoms with van der Waals surface area (Å²) < 4.78 is 0. The molecule has 3 atom stereocenters. The molecule has 0 radical (unpaired) electrons. The molecule has 0 aromatic heterocycles. The summed E-state index contributed by atoms with van der Waals surface area (Å²) in [5.41, 5.74) is 2.15. The quantitative estimate of drug-likeness (QED) is 0.412. The molecule has 3 fully saturated rings. The summed E-state index contributed by atoms with van der Waals surface area (Å²) in [7, 11) is 0. The van der Waals surface area contributed by atoms with Gasteiger partial charge in [0.2, 0.25) is 0 Å². The topological polar surface area (TPSA) is 0 Å². The van der Waals surface area contributed by atoms with E-state index in [2.05, 4.69) is 69.2 Å². The van der Waals surface area contributed by atoms with E-state index in [1.165, 1.54) is 38.5 Å². The fraction of sp³-hybridized carbons (Fsp3) is 1.00. The maximum absolute atomic E-state index is 2.44. The molecule has 0 aromatic carbocycles. The third-order valence-electron chi connectivity index (χ3n) is 7.63. The maximum Gasteiger partial charge on any atom is -0.0334 e. The largest absolute Gasteiger partial charge is 0.0599 e. The van der Waals surface area contributed by atoms with E-state index in [1.807, 2.05) is 0 Å². The number of fused-ring (bicyclic) bond motifs is 2. The van der Waals surface area contributed by atoms with Gasteiger partial charge in [-0.05, 0) is 83.9 Å². The van der Waals surface area contributed by atoms with Gasteiger partial charge in [0.05, 0.1) is 0 Å². The molecular weight excluding hydrogens is 300 g/mol. The van der Waals surface area contributed by atoms with Gasteiger partial charge in [0.1, 0.15) is 0 Å². The van der Waals surface area contributed by atoms with Crippen LogP contribution in [0.25, 0.3) is 0 Å². The molecule has 0 nitrogen and oxygen atoms in total. The zero-order valence-corrected chi connectivity index (χ0v) is 19.3. The van der Waals surface area contributed by atoms with E-state index in [1.54, 1.807) is 6.42 Å². The van der Waals surface area contributed by atoms with Crippen molar-refractivity contribution in [1.82, 2.24) is 0 Å². The number of hydrogen-bond acceptors (Lipinski definition) is 0. The highest BCUT2D eigenvalue weighted by Gasteiger charge is 2.44. The highest BCUT2D eigenvalue weighted by atomic mass is 14.5. The molecule has 0 spiro atoms. The van der Waals surface area contributed by atoms with Crippen molar-refractivity contribution in [3.8, 4) is 0 Å². The molecule has 1 unspecified atom stereocenters. The summed E-state index contributed by atoms with van der Waals surface area (Å²) >= 11 is 0. The lowest BCUT2D eigenvalue weighted by molar-refractivity contribution is 0.0162. The Morgan fingerprint density at radius 2 is 1.20 bits per heavy atom. The molecule has 0 amide bonds. The Labute approximate surface area is 159 Å². The van der Waals surface area contributed by atoms with Gasteiger partial charge in [0.15, 0.2) is 0 Å². The lowest BCUT2D eigenvalue weighted by atomic mass is 9.56. The van der Waals surface area contributed by atoms with Crippen molar-refractivity contribution in [2.24, 2.45) is 45.3 Å². The van der Waals surface area contributed by atoms with Gasteiger partial charge < -0.3 is 0 Å². The van der Waals surface area contributed by atoms with Crippen molar-refractivity contribution in [3.63, 3.8) is 0 Å². The maximum atomic E-state index is 2.44. The Morgan fingerprint density at radius 1 is 0.680 bits per heavy atom. The second-order valence-corrected chi connectivity index (χ2v) is 13.6. The smallest absolute Gasteiger partial charge is 0.0334 e. The Balaban J connectivity index is 0.000000185. The summed E-state index contributed by atoms with van der Waals surface area (Å²) in [5.74, 6) is 4.15. The van der Waals surface area contributed by atoms with Crippen molar-refractivity contribution < 1.29 is 0 Å². The number of hydrogen-bond donors (Lipinski definition) is 0. The minimum Gasteiger partial charge on any atom is -0.0599 e. The van der Waals surface area contributed by atoms with E-state index < -0.39 is 0 Å². The molecule has 0 aromatic rings. The van der Waals surface area contributed by atoms with E-state index in [4.69, 9.17) is 0 Å². The SMILES string of the molecule is CC(C)(C)C1C[C@H]2CC[C@@H]1C2.CC1(C)CC(C(C)(C)C)CC(C)(C)C1. The van der Waals surface area contributed by atoms with Gasteiger partial charge in [0, 0.05) is 0 Å². The van der Waals surface area contributed by atoms with Gasteiger partial charge in [-0.1, -0.05) is 75.7 Å². The van der Waals surface area contributed by atoms with E-state index >= 15 is 0 Å². The van der Waals surface area contributed by atoms with Crippen LogP contribution in [0.5, 0.6) is 0 Å². The molecule has 0 heteroatoms. The third kappa shape index (κ3) is 5.74. The van der Waals surface area contributed by atoms with Crippen LogP contribution in [0, 0.1) is 45.3 Å². The van der Waals surface area contributed by atoms with Crippen LogP contribution in [0.2, 0.25) is 0 Å². The standard InChI is InChI=1S/C14H28.C11H20/c1-12(2,3)11-8-13(4,5)10-14(6,7)9-11;1-11(2,3)10-7-8-4-5-9(10)6-8/h11H,8-10H2,1-7H3;8-10H,4-7H2,1-3H3/t;8-,9+,10?/m.0/s1. The minimum atomic E-state index is 0.481. The van der Waals surface area contributed by atoms with Crippen LogP contribution in [0.15, 0.2) is 0 Å². The van der Waals surface area contributed by atoms with Crippen LogP contribution < -0.4 is 0 Å². The Bertz CT molecular complexity index is 424. The van der Waals surface area contributed by atoms with Gasteiger partial charge >= 0.3 is 0 Å². The van der Waals surface area contributed by atoms with Crippen molar-refractivity contribution in [3.05, 3.63) is 0 Å². The normalized spacial score (nSPS) is 34.6. The van der Waals surface area contributed by atoms with Crippen molar-refractivity contribution in [2.75, 3.05) is 0 Å². The van der Waals surface area contributed by atoms with Crippen LogP contribution in [-0.2, 0) is 0 Å². The molecule has 3 saturated carbocycles. The summed E-state index contributed by atoms with van der Waals surface area (Å²) in [5, 5.41) is 0. The highest BCUT2D eigenvalue weighted by molar-refractivity contribution is 4.95. The van der Waals surface area contributed by atoms with Crippen molar-refractivity contribution in [1.29, 1.82) is 0 Å². The molecule has 0 heterocycles. The Morgan fingerprint density at radius 3 is 1.48 bits per heavy atom. The van der Waals surface area contributed by atoms with E-state index in [-0.39, 0.29) is 0 Å². The van der Waals surface area contributed by atoms with Gasteiger partial charge in [-0.2, -0.15) is 0 Å². The molecule has 3 aliphatic rings. The zero-order valence-electron chi connectivity index (χ0n) is 19.3. The molecule has 0 N–H and O–H groups in total. The van der Waals surface area contributed by atoms with Crippen LogP contribution >= 0.6 is 0 Å². The second kappa shape index (κ2) is 6.87. The number of rotatable bonds is 0. The van der Waals surface area contributed by atoms with Gasteiger partial charge in [0.25, 0.3) is 0 Å².